The number of hydrogen-bond acceptors (Lipinski definition) is 7. The molecule has 1 atom stereocenters. The lowest BCUT2D eigenvalue weighted by molar-refractivity contribution is -0.122. The topological polar surface area (TPSA) is 149 Å². The maximum atomic E-state index is 13.7. The molecule has 8 heteroatoms. The van der Waals surface area contributed by atoms with Crippen LogP contribution in [0.4, 0.5) is 0 Å². The van der Waals surface area contributed by atoms with Crippen LogP contribution in [0.5, 0.6) is 5.75 Å². The van der Waals surface area contributed by atoms with Crippen LogP contribution in [0.2, 0.25) is 0 Å². The first-order valence-electron chi connectivity index (χ1n) is 13.8. The summed E-state index contributed by atoms with van der Waals surface area (Å²) >= 11 is 0. The standard InChI is InChI=1S/C31H40N6O2/c1-18(32)27(19(2)33)21-9-7-20(8-10-21)5-4-6-26(38)29(28(22-11-12-22)23-13-14-23)31(35)37-30(34)24-15-25(39-3)17-36-16-24/h7-10,15-17,22-23,28-29,32H,4-6,11-14,33H2,1-3H3,(H3,34,35,37)/b27-19+,32-18?. The normalized spacial score (nSPS) is 16.3. The Morgan fingerprint density at radius 3 is 2.23 bits per heavy atom. The van der Waals surface area contributed by atoms with Gasteiger partial charge in [-0.25, -0.2) is 0 Å². The maximum absolute atomic E-state index is 13.7. The summed E-state index contributed by atoms with van der Waals surface area (Å²) in [5.74, 6) is 1.48. The molecule has 0 saturated heterocycles. The summed E-state index contributed by atoms with van der Waals surface area (Å²) < 4.78 is 5.22. The van der Waals surface area contributed by atoms with Gasteiger partial charge >= 0.3 is 0 Å². The number of rotatable bonds is 13. The van der Waals surface area contributed by atoms with Gasteiger partial charge in [0, 0.05) is 35.2 Å². The number of ether oxygens (including phenoxy) is 1. The number of aromatic nitrogens is 1. The summed E-state index contributed by atoms with van der Waals surface area (Å²) in [5.41, 5.74) is 10.4. The molecule has 0 spiro atoms. The molecule has 2 saturated carbocycles. The molecule has 0 amide bonds. The quantitative estimate of drug-likeness (QED) is 0.175. The lowest BCUT2D eigenvalue weighted by atomic mass is 9.79. The van der Waals surface area contributed by atoms with Gasteiger partial charge in [-0.3, -0.25) is 20.6 Å². The summed E-state index contributed by atoms with van der Waals surface area (Å²) in [6, 6.07) is 9.74. The molecular weight excluding hydrogens is 488 g/mol. The lowest BCUT2D eigenvalue weighted by Crippen LogP contribution is -2.43. The Bertz CT molecular complexity index is 1260. The van der Waals surface area contributed by atoms with E-state index in [1.165, 1.54) is 0 Å². The van der Waals surface area contributed by atoms with E-state index in [-0.39, 0.29) is 23.4 Å². The number of amidine groups is 2. The number of Topliss-reactive ketones (excluding diaryl/α,β-unsaturated/α-hetero) is 1. The molecule has 1 aromatic carbocycles. The molecule has 1 unspecified atom stereocenters. The van der Waals surface area contributed by atoms with Crippen molar-refractivity contribution in [1.29, 1.82) is 16.2 Å². The van der Waals surface area contributed by atoms with Crippen molar-refractivity contribution >= 4 is 28.7 Å². The van der Waals surface area contributed by atoms with Crippen molar-refractivity contribution in [2.24, 2.45) is 29.4 Å². The van der Waals surface area contributed by atoms with Gasteiger partial charge in [-0.15, -0.1) is 0 Å². The third-order valence-electron chi connectivity index (χ3n) is 7.77. The number of carbonyl (C=O) groups is 1. The molecule has 1 heterocycles. The molecule has 2 aliphatic rings. The number of aryl methyl sites for hydroxylation is 1. The SMILES string of the molecule is COc1cncc(C(=N)NC(=N)C(C(=O)CCCc2ccc(/C(C(C)=N)=C(\C)N)cc2)C(C2CC2)C2CC2)c1. The number of nitrogens with zero attached hydrogens (tertiary/aromatic N) is 1. The smallest absolute Gasteiger partial charge is 0.143 e. The van der Waals surface area contributed by atoms with E-state index in [1.54, 1.807) is 39.4 Å². The average Bonchev–Trinajstić information content (AvgIpc) is 3.82. The summed E-state index contributed by atoms with van der Waals surface area (Å²) in [6.45, 7) is 3.54. The monoisotopic (exact) mass is 528 g/mol. The lowest BCUT2D eigenvalue weighted by Gasteiger charge is -2.27. The molecule has 0 aliphatic heterocycles. The Morgan fingerprint density at radius 2 is 1.69 bits per heavy atom. The highest BCUT2D eigenvalue weighted by Crippen LogP contribution is 2.53. The average molecular weight is 529 g/mol. The summed E-state index contributed by atoms with van der Waals surface area (Å²) in [4.78, 5) is 17.8. The number of benzene rings is 1. The zero-order valence-electron chi connectivity index (χ0n) is 23.1. The third-order valence-corrected chi connectivity index (χ3v) is 7.77. The van der Waals surface area contributed by atoms with Gasteiger partial charge in [0.05, 0.1) is 19.2 Å². The van der Waals surface area contributed by atoms with E-state index < -0.39 is 5.92 Å². The number of pyridine rings is 1. The van der Waals surface area contributed by atoms with E-state index in [9.17, 15) is 4.79 Å². The van der Waals surface area contributed by atoms with Gasteiger partial charge in [0.2, 0.25) is 0 Å². The largest absolute Gasteiger partial charge is 0.495 e. The zero-order chi connectivity index (χ0) is 28.1. The molecule has 0 bridgehead atoms. The Labute approximate surface area is 231 Å². The Morgan fingerprint density at radius 1 is 1.05 bits per heavy atom. The number of carbonyl (C=O) groups excluding carboxylic acids is 1. The molecule has 2 aliphatic carbocycles. The van der Waals surface area contributed by atoms with Gasteiger partial charge in [-0.1, -0.05) is 24.3 Å². The molecule has 0 radical (unpaired) electrons. The molecular formula is C31H40N6O2. The van der Waals surface area contributed by atoms with Crippen LogP contribution in [-0.2, 0) is 11.2 Å². The van der Waals surface area contributed by atoms with Crippen molar-refractivity contribution in [3.63, 3.8) is 0 Å². The van der Waals surface area contributed by atoms with Crippen molar-refractivity contribution in [1.82, 2.24) is 10.3 Å². The van der Waals surface area contributed by atoms with Crippen molar-refractivity contribution in [3.8, 4) is 5.75 Å². The Hall–Kier alpha value is -3.81. The van der Waals surface area contributed by atoms with Gasteiger partial charge in [0.1, 0.15) is 23.2 Å². The van der Waals surface area contributed by atoms with E-state index in [4.69, 9.17) is 26.7 Å². The van der Waals surface area contributed by atoms with E-state index in [0.717, 1.165) is 48.8 Å². The van der Waals surface area contributed by atoms with E-state index in [1.807, 2.05) is 24.3 Å². The fraction of sp³-hybridized carbons (Fsp3) is 0.452. The number of hydrogen-bond donors (Lipinski definition) is 5. The molecule has 39 heavy (non-hydrogen) atoms. The second-order valence-electron chi connectivity index (χ2n) is 11.0. The fourth-order valence-corrected chi connectivity index (χ4v) is 5.61. The first-order chi connectivity index (χ1) is 18.7. The van der Waals surface area contributed by atoms with Gasteiger partial charge in [0.25, 0.3) is 0 Å². The van der Waals surface area contributed by atoms with Crippen molar-refractivity contribution in [2.75, 3.05) is 7.11 Å². The third kappa shape index (κ3) is 7.19. The van der Waals surface area contributed by atoms with Crippen LogP contribution in [0.1, 0.15) is 69.1 Å². The Kier molecular flexibility index (Phi) is 8.94. The van der Waals surface area contributed by atoms with E-state index in [2.05, 4.69) is 10.3 Å². The molecule has 2 fully saturated rings. The molecule has 2 aromatic rings. The van der Waals surface area contributed by atoms with Crippen LogP contribution in [-0.4, -0.2) is 35.3 Å². The van der Waals surface area contributed by atoms with Crippen molar-refractivity contribution in [3.05, 3.63) is 65.1 Å². The summed E-state index contributed by atoms with van der Waals surface area (Å²) in [6.07, 6.45) is 9.46. The van der Waals surface area contributed by atoms with Gasteiger partial charge in [-0.05, 0) is 87.3 Å². The number of ketones is 1. The minimum absolute atomic E-state index is 0.0518. The van der Waals surface area contributed by atoms with E-state index >= 15 is 0 Å². The number of nitrogens with one attached hydrogen (secondary N) is 4. The summed E-state index contributed by atoms with van der Waals surface area (Å²) in [5, 5.41) is 28.4. The minimum Gasteiger partial charge on any atom is -0.495 e. The predicted molar refractivity (Wildman–Crippen MR) is 155 cm³/mol. The molecule has 4 rings (SSSR count). The van der Waals surface area contributed by atoms with Gasteiger partial charge in [0.15, 0.2) is 0 Å². The first-order valence-corrected chi connectivity index (χ1v) is 13.8. The van der Waals surface area contributed by atoms with Crippen LogP contribution in [0.25, 0.3) is 5.57 Å². The second-order valence-corrected chi connectivity index (χ2v) is 11.0. The number of methoxy groups -OCH3 is 1. The fourth-order valence-electron chi connectivity index (χ4n) is 5.61. The zero-order valence-corrected chi connectivity index (χ0v) is 23.1. The molecule has 6 N–H and O–H groups in total. The van der Waals surface area contributed by atoms with Crippen LogP contribution in [0, 0.1) is 39.9 Å². The highest BCUT2D eigenvalue weighted by atomic mass is 16.5. The minimum atomic E-state index is -0.512. The Balaban J connectivity index is 1.42. The van der Waals surface area contributed by atoms with Gasteiger partial charge < -0.3 is 21.2 Å². The molecule has 1 aromatic heterocycles. The molecule has 206 valence electrons. The first kappa shape index (κ1) is 28.2. The van der Waals surface area contributed by atoms with Crippen LogP contribution >= 0.6 is 0 Å². The van der Waals surface area contributed by atoms with E-state index in [0.29, 0.717) is 47.4 Å². The second kappa shape index (κ2) is 12.4. The highest BCUT2D eigenvalue weighted by molar-refractivity contribution is 6.21. The van der Waals surface area contributed by atoms with Crippen LogP contribution in [0.15, 0.2) is 48.4 Å². The van der Waals surface area contributed by atoms with Crippen molar-refractivity contribution < 1.29 is 9.53 Å². The predicted octanol–water partition coefficient (Wildman–Crippen LogP) is 5.36. The van der Waals surface area contributed by atoms with Crippen LogP contribution < -0.4 is 15.8 Å². The summed E-state index contributed by atoms with van der Waals surface area (Å²) in [7, 11) is 1.55. The van der Waals surface area contributed by atoms with Crippen molar-refractivity contribution in [2.45, 2.75) is 58.8 Å². The van der Waals surface area contributed by atoms with Crippen LogP contribution in [0.3, 0.4) is 0 Å². The maximum Gasteiger partial charge on any atom is 0.143 e. The van der Waals surface area contributed by atoms with Gasteiger partial charge in [-0.2, -0.15) is 0 Å². The number of nitrogens with two attached hydrogens (primary N) is 1. The highest BCUT2D eigenvalue weighted by Gasteiger charge is 2.49. The molecule has 8 nitrogen and oxygen atoms in total. The number of allylic oxidation sites excluding steroid dienone is 2.